The van der Waals surface area contributed by atoms with Gasteiger partial charge in [0.25, 0.3) is 0 Å². The van der Waals surface area contributed by atoms with Crippen LogP contribution in [0.1, 0.15) is 6.92 Å². The van der Waals surface area contributed by atoms with E-state index in [4.69, 9.17) is 34.8 Å². The van der Waals surface area contributed by atoms with Crippen LogP contribution in [0.2, 0.25) is 15.1 Å². The van der Waals surface area contributed by atoms with E-state index in [9.17, 15) is 4.79 Å². The molecule has 1 aromatic rings. The van der Waals surface area contributed by atoms with Gasteiger partial charge in [-0.05, 0) is 25.1 Å². The summed E-state index contributed by atoms with van der Waals surface area (Å²) in [6.45, 7) is 1.74. The molecule has 0 radical (unpaired) electrons. The Bertz CT molecular complexity index is 392. The van der Waals surface area contributed by atoms with Crippen molar-refractivity contribution in [3.8, 4) is 0 Å². The van der Waals surface area contributed by atoms with E-state index in [1.54, 1.807) is 13.0 Å². The second kappa shape index (κ2) is 5.40. The van der Waals surface area contributed by atoms with Crippen LogP contribution in [0.3, 0.4) is 0 Å². The maximum Gasteiger partial charge on any atom is 0.248 e. The van der Waals surface area contributed by atoms with E-state index in [0.29, 0.717) is 20.8 Å². The first-order chi connectivity index (χ1) is 7.04. The van der Waals surface area contributed by atoms with Crippen LogP contribution in [0.5, 0.6) is 0 Å². The van der Waals surface area contributed by atoms with Crippen LogP contribution in [0, 0.1) is 0 Å². The number of halogens is 3. The third-order valence-corrected chi connectivity index (χ3v) is 2.39. The van der Waals surface area contributed by atoms with Gasteiger partial charge in [0.2, 0.25) is 5.91 Å². The summed E-state index contributed by atoms with van der Waals surface area (Å²) in [5, 5.41) is 3.60. The quantitative estimate of drug-likeness (QED) is 0.798. The Kier molecular flexibility index (Phi) is 4.45. The highest BCUT2D eigenvalue weighted by molar-refractivity contribution is 6.42. The van der Waals surface area contributed by atoms with Crippen molar-refractivity contribution in [2.45, 2.75) is 6.92 Å². The van der Waals surface area contributed by atoms with Gasteiger partial charge in [0.1, 0.15) is 0 Å². The standard InChI is InChI=1S/C10H8Cl3NO/c1-2-3-9(15)14-10-7(12)4-6(11)5-8(10)13/h2-5H,1H3,(H,14,15). The lowest BCUT2D eigenvalue weighted by molar-refractivity contribution is -0.111. The maximum atomic E-state index is 11.3. The molecule has 80 valence electrons. The van der Waals surface area contributed by atoms with Gasteiger partial charge >= 0.3 is 0 Å². The molecule has 1 N–H and O–H groups in total. The first kappa shape index (κ1) is 12.4. The third kappa shape index (κ3) is 3.42. The Morgan fingerprint density at radius 2 is 1.80 bits per heavy atom. The number of hydrogen-bond acceptors (Lipinski definition) is 1. The fourth-order valence-electron chi connectivity index (χ4n) is 0.978. The Morgan fingerprint density at radius 1 is 1.27 bits per heavy atom. The lowest BCUT2D eigenvalue weighted by Crippen LogP contribution is -2.08. The van der Waals surface area contributed by atoms with E-state index in [0.717, 1.165) is 0 Å². The number of carbonyl (C=O) groups excluding carboxylic acids is 1. The molecule has 15 heavy (non-hydrogen) atoms. The van der Waals surface area contributed by atoms with Crippen LogP contribution in [0.25, 0.3) is 0 Å². The minimum atomic E-state index is -0.288. The van der Waals surface area contributed by atoms with Crippen molar-refractivity contribution >= 4 is 46.4 Å². The van der Waals surface area contributed by atoms with Crippen molar-refractivity contribution in [3.63, 3.8) is 0 Å². The molecule has 0 spiro atoms. The van der Waals surface area contributed by atoms with Crippen molar-refractivity contribution in [1.29, 1.82) is 0 Å². The molecule has 0 aliphatic heterocycles. The fourth-order valence-corrected chi connectivity index (χ4v) is 1.89. The molecule has 5 heteroatoms. The summed E-state index contributed by atoms with van der Waals surface area (Å²) in [6.07, 6.45) is 2.99. The highest BCUT2D eigenvalue weighted by Crippen LogP contribution is 2.33. The van der Waals surface area contributed by atoms with E-state index in [1.165, 1.54) is 18.2 Å². The normalized spacial score (nSPS) is 10.7. The number of rotatable bonds is 2. The number of anilines is 1. The number of allylic oxidation sites excluding steroid dienone is 1. The van der Waals surface area contributed by atoms with Gasteiger partial charge in [-0.1, -0.05) is 40.9 Å². The Balaban J connectivity index is 3.00. The van der Waals surface area contributed by atoms with Gasteiger partial charge < -0.3 is 5.32 Å². The van der Waals surface area contributed by atoms with E-state index < -0.39 is 0 Å². The highest BCUT2D eigenvalue weighted by atomic mass is 35.5. The Labute approximate surface area is 103 Å². The van der Waals surface area contributed by atoms with Gasteiger partial charge in [0.05, 0.1) is 15.7 Å². The van der Waals surface area contributed by atoms with E-state index in [1.807, 2.05) is 0 Å². The summed E-state index contributed by atoms with van der Waals surface area (Å²) >= 11 is 17.5. The van der Waals surface area contributed by atoms with E-state index >= 15 is 0 Å². The highest BCUT2D eigenvalue weighted by Gasteiger charge is 2.09. The van der Waals surface area contributed by atoms with Gasteiger partial charge in [-0.3, -0.25) is 4.79 Å². The monoisotopic (exact) mass is 263 g/mol. The molecule has 0 atom stereocenters. The predicted octanol–water partition coefficient (Wildman–Crippen LogP) is 4.16. The molecule has 0 heterocycles. The van der Waals surface area contributed by atoms with Crippen molar-refractivity contribution in [1.82, 2.24) is 0 Å². The van der Waals surface area contributed by atoms with Crippen LogP contribution >= 0.6 is 34.8 Å². The minimum Gasteiger partial charge on any atom is -0.320 e. The van der Waals surface area contributed by atoms with Crippen molar-refractivity contribution < 1.29 is 4.79 Å². The molecule has 0 aromatic heterocycles. The molecule has 0 saturated carbocycles. The molecule has 2 nitrogen and oxygen atoms in total. The summed E-state index contributed by atoms with van der Waals surface area (Å²) in [4.78, 5) is 11.3. The summed E-state index contributed by atoms with van der Waals surface area (Å²) in [7, 11) is 0. The first-order valence-electron chi connectivity index (χ1n) is 4.13. The number of nitrogens with one attached hydrogen (secondary N) is 1. The lowest BCUT2D eigenvalue weighted by Gasteiger charge is -2.07. The summed E-state index contributed by atoms with van der Waals surface area (Å²) in [6, 6.07) is 3.03. The molecule has 0 bridgehead atoms. The average Bonchev–Trinajstić information content (AvgIpc) is 2.11. The Hall–Kier alpha value is -0.700. The second-order valence-electron chi connectivity index (χ2n) is 2.73. The van der Waals surface area contributed by atoms with Crippen LogP contribution in [0.15, 0.2) is 24.3 Å². The van der Waals surface area contributed by atoms with Crippen LogP contribution in [-0.2, 0) is 4.79 Å². The molecule has 0 unspecified atom stereocenters. The third-order valence-electron chi connectivity index (χ3n) is 1.57. The van der Waals surface area contributed by atoms with Crippen LogP contribution in [-0.4, -0.2) is 5.91 Å². The molecule has 1 amide bonds. The van der Waals surface area contributed by atoms with Gasteiger partial charge in [-0.2, -0.15) is 0 Å². The minimum absolute atomic E-state index is 0.288. The van der Waals surface area contributed by atoms with Crippen molar-refractivity contribution in [2.24, 2.45) is 0 Å². The van der Waals surface area contributed by atoms with Crippen molar-refractivity contribution in [2.75, 3.05) is 5.32 Å². The molecule has 1 rings (SSSR count). The Morgan fingerprint density at radius 3 is 2.27 bits per heavy atom. The molecule has 0 aliphatic carbocycles. The van der Waals surface area contributed by atoms with Gasteiger partial charge in [0, 0.05) is 5.02 Å². The largest absolute Gasteiger partial charge is 0.320 e. The summed E-state index contributed by atoms with van der Waals surface area (Å²) in [5.41, 5.74) is 0.367. The topological polar surface area (TPSA) is 29.1 Å². The average molecular weight is 265 g/mol. The van der Waals surface area contributed by atoms with Crippen LogP contribution < -0.4 is 5.32 Å². The van der Waals surface area contributed by atoms with Gasteiger partial charge in [-0.15, -0.1) is 0 Å². The summed E-state index contributed by atoms with van der Waals surface area (Å²) in [5.74, 6) is -0.288. The zero-order valence-corrected chi connectivity index (χ0v) is 10.1. The van der Waals surface area contributed by atoms with Gasteiger partial charge in [-0.25, -0.2) is 0 Å². The number of carbonyl (C=O) groups is 1. The SMILES string of the molecule is CC=CC(=O)Nc1c(Cl)cc(Cl)cc1Cl. The predicted molar refractivity (Wildman–Crippen MR) is 64.9 cm³/mol. The number of benzene rings is 1. The number of hydrogen-bond donors (Lipinski definition) is 1. The molecular weight excluding hydrogens is 256 g/mol. The molecule has 0 fully saturated rings. The number of amides is 1. The summed E-state index contributed by atoms with van der Waals surface area (Å²) < 4.78 is 0. The van der Waals surface area contributed by atoms with Crippen molar-refractivity contribution in [3.05, 3.63) is 39.4 Å². The zero-order valence-electron chi connectivity index (χ0n) is 7.85. The molecule has 0 saturated heterocycles. The zero-order chi connectivity index (χ0) is 11.4. The second-order valence-corrected chi connectivity index (χ2v) is 3.98. The van der Waals surface area contributed by atoms with E-state index in [2.05, 4.69) is 5.32 Å². The fraction of sp³-hybridized carbons (Fsp3) is 0.100. The van der Waals surface area contributed by atoms with Crippen LogP contribution in [0.4, 0.5) is 5.69 Å². The van der Waals surface area contributed by atoms with E-state index in [-0.39, 0.29) is 5.91 Å². The molecule has 0 aliphatic rings. The smallest absolute Gasteiger partial charge is 0.248 e. The van der Waals surface area contributed by atoms with Gasteiger partial charge in [0.15, 0.2) is 0 Å². The maximum absolute atomic E-state index is 11.3. The molecular formula is C10H8Cl3NO. The molecule has 1 aromatic carbocycles. The lowest BCUT2D eigenvalue weighted by atomic mass is 10.3. The first-order valence-corrected chi connectivity index (χ1v) is 5.26.